The van der Waals surface area contributed by atoms with Crippen LogP contribution in [0.5, 0.6) is 0 Å². The van der Waals surface area contributed by atoms with E-state index in [9.17, 15) is 10.1 Å². The van der Waals surface area contributed by atoms with Gasteiger partial charge in [-0.1, -0.05) is 31.2 Å². The highest BCUT2D eigenvalue weighted by Gasteiger charge is 2.44. The Morgan fingerprint density at radius 1 is 1.22 bits per heavy atom. The zero-order valence-electron chi connectivity index (χ0n) is 13.6. The van der Waals surface area contributed by atoms with Crippen LogP contribution in [0.2, 0.25) is 0 Å². The Bertz CT molecular complexity index is 724. The molecule has 0 N–H and O–H groups in total. The van der Waals surface area contributed by atoms with Crippen LogP contribution in [0.3, 0.4) is 0 Å². The Hall–Kier alpha value is -2.08. The molecule has 4 rings (SSSR count). The highest BCUT2D eigenvalue weighted by molar-refractivity contribution is 6.09. The van der Waals surface area contributed by atoms with Crippen molar-refractivity contribution in [3.05, 3.63) is 41.0 Å². The van der Waals surface area contributed by atoms with Gasteiger partial charge in [0.15, 0.2) is 5.78 Å². The van der Waals surface area contributed by atoms with E-state index in [1.807, 2.05) is 18.2 Å². The number of carbonyl (C=O) groups excluding carboxylic acids is 1. The van der Waals surface area contributed by atoms with Crippen molar-refractivity contribution in [1.29, 1.82) is 5.26 Å². The molecule has 3 nitrogen and oxygen atoms in total. The van der Waals surface area contributed by atoms with E-state index >= 15 is 0 Å². The van der Waals surface area contributed by atoms with Gasteiger partial charge in [0, 0.05) is 25.1 Å². The number of benzene rings is 1. The molecular weight excluding hydrogens is 284 g/mol. The summed E-state index contributed by atoms with van der Waals surface area (Å²) in [5, 5.41) is 9.53. The smallest absolute Gasteiger partial charge is 0.179 e. The number of hydrogen-bond acceptors (Lipinski definition) is 3. The predicted octanol–water partition coefficient (Wildman–Crippen LogP) is 3.56. The Balaban J connectivity index is 1.66. The molecule has 0 bridgehead atoms. The van der Waals surface area contributed by atoms with Crippen molar-refractivity contribution in [2.45, 2.75) is 39.0 Å². The van der Waals surface area contributed by atoms with Gasteiger partial charge in [-0.25, -0.2) is 0 Å². The van der Waals surface area contributed by atoms with Crippen LogP contribution >= 0.6 is 0 Å². The monoisotopic (exact) mass is 306 g/mol. The molecule has 1 saturated carbocycles. The molecular formula is C20H22N2O. The highest BCUT2D eigenvalue weighted by Crippen LogP contribution is 2.53. The van der Waals surface area contributed by atoms with Crippen LogP contribution in [-0.4, -0.2) is 23.8 Å². The van der Waals surface area contributed by atoms with Gasteiger partial charge in [-0.2, -0.15) is 5.26 Å². The summed E-state index contributed by atoms with van der Waals surface area (Å²) in [6.45, 7) is 4.27. The second-order valence-corrected chi connectivity index (χ2v) is 7.59. The van der Waals surface area contributed by atoms with Crippen LogP contribution in [0.15, 0.2) is 29.8 Å². The number of Topliss-reactive ketones (excluding diaryl/α,β-unsaturated/α-hetero) is 1. The maximum Gasteiger partial charge on any atom is 0.179 e. The van der Waals surface area contributed by atoms with Gasteiger partial charge >= 0.3 is 0 Å². The molecule has 0 amide bonds. The quantitative estimate of drug-likeness (QED) is 0.797. The predicted molar refractivity (Wildman–Crippen MR) is 89.3 cm³/mol. The van der Waals surface area contributed by atoms with Gasteiger partial charge in [-0.15, -0.1) is 0 Å². The second kappa shape index (κ2) is 5.23. The molecule has 23 heavy (non-hydrogen) atoms. The van der Waals surface area contributed by atoms with Gasteiger partial charge < -0.3 is 4.90 Å². The lowest BCUT2D eigenvalue weighted by molar-refractivity contribution is -0.114. The second-order valence-electron chi connectivity index (χ2n) is 7.59. The van der Waals surface area contributed by atoms with Gasteiger partial charge in [0.2, 0.25) is 0 Å². The van der Waals surface area contributed by atoms with Gasteiger partial charge in [-0.3, -0.25) is 4.79 Å². The van der Waals surface area contributed by atoms with Crippen molar-refractivity contribution in [2.75, 3.05) is 13.1 Å². The molecule has 1 saturated heterocycles. The van der Waals surface area contributed by atoms with E-state index < -0.39 is 0 Å². The summed E-state index contributed by atoms with van der Waals surface area (Å²) < 4.78 is 0. The lowest BCUT2D eigenvalue weighted by atomic mass is 9.58. The lowest BCUT2D eigenvalue weighted by Gasteiger charge is -2.52. The Kier molecular flexibility index (Phi) is 3.30. The molecule has 1 aliphatic heterocycles. The van der Waals surface area contributed by atoms with Gasteiger partial charge in [0.25, 0.3) is 0 Å². The van der Waals surface area contributed by atoms with Crippen LogP contribution in [0.25, 0.3) is 5.70 Å². The molecule has 1 heterocycles. The van der Waals surface area contributed by atoms with E-state index in [1.54, 1.807) is 0 Å². The minimum Gasteiger partial charge on any atom is -0.370 e. The summed E-state index contributed by atoms with van der Waals surface area (Å²) in [7, 11) is 0. The number of piperidine rings is 1. The zero-order chi connectivity index (χ0) is 16.0. The number of nitrogens with zero attached hydrogens (tertiary/aromatic N) is 2. The molecule has 2 aliphatic carbocycles. The van der Waals surface area contributed by atoms with Crippen LogP contribution < -0.4 is 0 Å². The van der Waals surface area contributed by atoms with Gasteiger partial charge in [-0.05, 0) is 42.6 Å². The Labute approximate surface area is 137 Å². The molecule has 1 spiro atoms. The molecule has 3 heteroatoms. The van der Waals surface area contributed by atoms with Gasteiger partial charge in [0.1, 0.15) is 11.6 Å². The number of fused-ring (bicyclic) bond motifs is 1. The molecule has 0 radical (unpaired) electrons. The van der Waals surface area contributed by atoms with E-state index in [1.165, 1.54) is 25.7 Å². The third kappa shape index (κ3) is 2.28. The molecule has 1 aromatic rings. The van der Waals surface area contributed by atoms with E-state index in [2.05, 4.69) is 24.0 Å². The third-order valence-corrected chi connectivity index (χ3v) is 5.95. The van der Waals surface area contributed by atoms with Crippen LogP contribution in [0.1, 0.15) is 43.7 Å². The first-order valence-corrected chi connectivity index (χ1v) is 8.63. The summed E-state index contributed by atoms with van der Waals surface area (Å²) in [6.07, 6.45) is 5.44. The number of allylic oxidation sites excluding steroid dienone is 1. The first-order valence-electron chi connectivity index (χ1n) is 8.63. The maximum atomic E-state index is 12.4. The average molecular weight is 306 g/mol. The van der Waals surface area contributed by atoms with Crippen molar-refractivity contribution in [3.63, 3.8) is 0 Å². The SMILES string of the molecule is CC1CC2(CCN(C3=C(C#N)C(=O)Cc4ccccc43)CC2)C1. The third-order valence-electron chi connectivity index (χ3n) is 5.95. The molecule has 118 valence electrons. The van der Waals surface area contributed by atoms with E-state index in [0.29, 0.717) is 17.4 Å². The minimum absolute atomic E-state index is 0.0289. The molecule has 2 fully saturated rings. The zero-order valence-corrected chi connectivity index (χ0v) is 13.6. The van der Waals surface area contributed by atoms with Crippen LogP contribution in [0, 0.1) is 22.7 Å². The summed E-state index contributed by atoms with van der Waals surface area (Å²) in [4.78, 5) is 14.7. The van der Waals surface area contributed by atoms with E-state index in [0.717, 1.165) is 35.8 Å². The Morgan fingerprint density at radius 3 is 2.57 bits per heavy atom. The number of hydrogen-bond donors (Lipinski definition) is 0. The van der Waals surface area contributed by atoms with Crippen LogP contribution in [0.4, 0.5) is 0 Å². The highest BCUT2D eigenvalue weighted by atomic mass is 16.1. The number of nitriles is 1. The van der Waals surface area contributed by atoms with Gasteiger partial charge in [0.05, 0.1) is 5.70 Å². The summed E-state index contributed by atoms with van der Waals surface area (Å²) in [5.74, 6) is 0.839. The van der Waals surface area contributed by atoms with Crippen LogP contribution in [-0.2, 0) is 11.2 Å². The molecule has 1 aromatic carbocycles. The summed E-state index contributed by atoms with van der Waals surface area (Å²) >= 11 is 0. The molecule has 0 atom stereocenters. The largest absolute Gasteiger partial charge is 0.370 e. The summed E-state index contributed by atoms with van der Waals surface area (Å²) in [6, 6.07) is 10.2. The number of rotatable bonds is 1. The first-order chi connectivity index (χ1) is 11.1. The maximum absolute atomic E-state index is 12.4. The number of ketones is 1. The standard InChI is InChI=1S/C20H22N2O/c1-14-11-20(12-14)6-8-22(9-7-20)19-16-5-3-2-4-15(16)10-18(23)17(19)13-21/h2-5,14H,6-12H2,1H3. The Morgan fingerprint density at radius 2 is 1.91 bits per heavy atom. The fourth-order valence-corrected chi connectivity index (χ4v) is 4.91. The van der Waals surface area contributed by atoms with Crippen molar-refractivity contribution in [3.8, 4) is 6.07 Å². The van der Waals surface area contributed by atoms with Crippen molar-refractivity contribution in [2.24, 2.45) is 11.3 Å². The lowest BCUT2D eigenvalue weighted by Crippen LogP contribution is -2.46. The van der Waals surface area contributed by atoms with E-state index in [-0.39, 0.29) is 5.78 Å². The molecule has 0 aromatic heterocycles. The normalized spacial score (nSPS) is 23.5. The fourth-order valence-electron chi connectivity index (χ4n) is 4.91. The average Bonchev–Trinajstić information content (AvgIpc) is 2.53. The van der Waals surface area contributed by atoms with Crippen molar-refractivity contribution >= 4 is 11.5 Å². The number of carbonyl (C=O) groups is 1. The first kappa shape index (κ1) is 14.5. The van der Waals surface area contributed by atoms with Crippen molar-refractivity contribution < 1.29 is 4.79 Å². The molecule has 0 unspecified atom stereocenters. The van der Waals surface area contributed by atoms with E-state index in [4.69, 9.17) is 0 Å². The topological polar surface area (TPSA) is 44.1 Å². The molecule has 3 aliphatic rings. The number of likely N-dealkylation sites (tertiary alicyclic amines) is 1. The summed E-state index contributed by atoms with van der Waals surface area (Å²) in [5.41, 5.74) is 3.94. The fraction of sp³-hybridized carbons (Fsp3) is 0.500. The minimum atomic E-state index is -0.0289. The van der Waals surface area contributed by atoms with Crippen molar-refractivity contribution in [1.82, 2.24) is 4.90 Å².